The number of nitrogens with one attached hydrogen (secondary N) is 1. The summed E-state index contributed by atoms with van der Waals surface area (Å²) < 4.78 is 0. The van der Waals surface area contributed by atoms with Crippen LogP contribution in [0.1, 0.15) is 42.5 Å². The molecular formula is C16H27NO. The minimum absolute atomic E-state index is 0.632. The largest absolute Gasteiger partial charge is 0.390 e. The summed E-state index contributed by atoms with van der Waals surface area (Å²) in [5.74, 6) is 0. The molecule has 0 aliphatic rings. The van der Waals surface area contributed by atoms with Gasteiger partial charge in [-0.2, -0.15) is 0 Å². The molecule has 0 aliphatic carbocycles. The summed E-state index contributed by atoms with van der Waals surface area (Å²) in [6.45, 7) is 12.2. The van der Waals surface area contributed by atoms with Gasteiger partial charge in [-0.05, 0) is 63.9 Å². The van der Waals surface area contributed by atoms with Gasteiger partial charge in [-0.1, -0.05) is 24.6 Å². The summed E-state index contributed by atoms with van der Waals surface area (Å²) in [5, 5.41) is 13.7. The second-order valence-corrected chi connectivity index (χ2v) is 5.65. The smallest absolute Gasteiger partial charge is 0.0672 e. The van der Waals surface area contributed by atoms with Crippen molar-refractivity contribution < 1.29 is 5.11 Å². The second kappa shape index (κ2) is 6.35. The van der Waals surface area contributed by atoms with Crippen LogP contribution in [0.15, 0.2) is 12.1 Å². The molecule has 102 valence electrons. The first-order valence-electron chi connectivity index (χ1n) is 6.85. The van der Waals surface area contributed by atoms with E-state index in [4.69, 9.17) is 0 Å². The highest BCUT2D eigenvalue weighted by molar-refractivity contribution is 5.38. The van der Waals surface area contributed by atoms with Gasteiger partial charge in [-0.3, -0.25) is 0 Å². The summed E-state index contributed by atoms with van der Waals surface area (Å²) in [4.78, 5) is 0. The van der Waals surface area contributed by atoms with Crippen molar-refractivity contribution in [3.63, 3.8) is 0 Å². The first-order chi connectivity index (χ1) is 8.35. The minimum atomic E-state index is -0.632. The summed E-state index contributed by atoms with van der Waals surface area (Å²) in [6, 6.07) is 4.39. The number of hydrogen-bond donors (Lipinski definition) is 2. The standard InChI is InChI=1S/C16H27NO/c1-6-17-8-7-16(5,18)11-15-13(3)9-12(2)10-14(15)4/h9-10,17-18H,6-8,11H2,1-5H3. The first-order valence-corrected chi connectivity index (χ1v) is 6.85. The molecule has 0 aromatic heterocycles. The lowest BCUT2D eigenvalue weighted by molar-refractivity contribution is 0.0514. The van der Waals surface area contributed by atoms with Crippen molar-refractivity contribution in [2.45, 2.75) is 53.1 Å². The molecule has 0 fully saturated rings. The molecular weight excluding hydrogens is 222 g/mol. The van der Waals surface area contributed by atoms with E-state index in [0.717, 1.165) is 25.9 Å². The van der Waals surface area contributed by atoms with Crippen LogP contribution >= 0.6 is 0 Å². The van der Waals surface area contributed by atoms with E-state index < -0.39 is 5.60 Å². The van der Waals surface area contributed by atoms with Crippen LogP contribution in [0.2, 0.25) is 0 Å². The highest BCUT2D eigenvalue weighted by atomic mass is 16.3. The van der Waals surface area contributed by atoms with Crippen LogP contribution in [0.4, 0.5) is 0 Å². The van der Waals surface area contributed by atoms with Gasteiger partial charge in [0.1, 0.15) is 0 Å². The van der Waals surface area contributed by atoms with Crippen molar-refractivity contribution in [3.05, 3.63) is 34.4 Å². The van der Waals surface area contributed by atoms with Gasteiger partial charge in [0.25, 0.3) is 0 Å². The third-order valence-electron chi connectivity index (χ3n) is 3.49. The zero-order valence-electron chi connectivity index (χ0n) is 12.4. The molecule has 0 spiro atoms. The predicted octanol–water partition coefficient (Wildman–Crippen LogP) is 2.90. The Morgan fingerprint density at radius 2 is 1.72 bits per heavy atom. The molecule has 1 unspecified atom stereocenters. The van der Waals surface area contributed by atoms with Gasteiger partial charge in [0.05, 0.1) is 5.60 Å². The van der Waals surface area contributed by atoms with E-state index in [1.165, 1.54) is 22.3 Å². The lowest BCUT2D eigenvalue weighted by Gasteiger charge is -2.25. The SMILES string of the molecule is CCNCCC(C)(O)Cc1c(C)cc(C)cc1C. The fourth-order valence-electron chi connectivity index (χ4n) is 2.49. The van der Waals surface area contributed by atoms with Crippen LogP contribution in [0.5, 0.6) is 0 Å². The molecule has 1 aromatic rings. The Hall–Kier alpha value is -0.860. The van der Waals surface area contributed by atoms with E-state index in [2.05, 4.69) is 45.1 Å². The molecule has 2 nitrogen and oxygen atoms in total. The highest BCUT2D eigenvalue weighted by Gasteiger charge is 2.22. The summed E-state index contributed by atoms with van der Waals surface area (Å²) >= 11 is 0. The Kier molecular flexibility index (Phi) is 5.36. The molecule has 2 N–H and O–H groups in total. The van der Waals surface area contributed by atoms with Gasteiger partial charge < -0.3 is 10.4 Å². The number of aliphatic hydroxyl groups is 1. The molecule has 18 heavy (non-hydrogen) atoms. The molecule has 2 heteroatoms. The Labute approximate surface area is 111 Å². The number of aryl methyl sites for hydroxylation is 3. The van der Waals surface area contributed by atoms with Crippen LogP contribution < -0.4 is 5.32 Å². The number of rotatable bonds is 6. The number of benzene rings is 1. The van der Waals surface area contributed by atoms with Crippen molar-refractivity contribution in [2.75, 3.05) is 13.1 Å². The summed E-state index contributed by atoms with van der Waals surface area (Å²) in [6.07, 6.45) is 1.52. The average Bonchev–Trinajstić information content (AvgIpc) is 2.23. The van der Waals surface area contributed by atoms with Gasteiger partial charge in [0.2, 0.25) is 0 Å². The third-order valence-corrected chi connectivity index (χ3v) is 3.49. The van der Waals surface area contributed by atoms with E-state index in [1.807, 2.05) is 6.92 Å². The first kappa shape index (κ1) is 15.2. The van der Waals surface area contributed by atoms with Gasteiger partial charge >= 0.3 is 0 Å². The van der Waals surface area contributed by atoms with Gasteiger partial charge in [0, 0.05) is 6.42 Å². The molecule has 0 saturated carbocycles. The van der Waals surface area contributed by atoms with Crippen LogP contribution in [0.3, 0.4) is 0 Å². The fraction of sp³-hybridized carbons (Fsp3) is 0.625. The van der Waals surface area contributed by atoms with E-state index in [9.17, 15) is 5.11 Å². The number of hydrogen-bond acceptors (Lipinski definition) is 2. The lowest BCUT2D eigenvalue weighted by Crippen LogP contribution is -2.32. The zero-order valence-corrected chi connectivity index (χ0v) is 12.4. The summed E-state index contributed by atoms with van der Waals surface area (Å²) in [5.41, 5.74) is 4.53. The summed E-state index contributed by atoms with van der Waals surface area (Å²) in [7, 11) is 0. The van der Waals surface area contributed by atoms with Crippen molar-refractivity contribution in [2.24, 2.45) is 0 Å². The zero-order chi connectivity index (χ0) is 13.8. The lowest BCUT2D eigenvalue weighted by atomic mass is 9.88. The van der Waals surface area contributed by atoms with Crippen LogP contribution in [0.25, 0.3) is 0 Å². The molecule has 1 atom stereocenters. The predicted molar refractivity (Wildman–Crippen MR) is 78.1 cm³/mol. The molecule has 1 rings (SSSR count). The fourth-order valence-corrected chi connectivity index (χ4v) is 2.49. The third kappa shape index (κ3) is 4.43. The molecule has 0 bridgehead atoms. The van der Waals surface area contributed by atoms with E-state index >= 15 is 0 Å². The van der Waals surface area contributed by atoms with Crippen LogP contribution in [0, 0.1) is 20.8 Å². The van der Waals surface area contributed by atoms with Crippen molar-refractivity contribution >= 4 is 0 Å². The topological polar surface area (TPSA) is 32.3 Å². The van der Waals surface area contributed by atoms with E-state index in [1.54, 1.807) is 0 Å². The Morgan fingerprint density at radius 1 is 1.17 bits per heavy atom. The molecule has 0 aliphatic heterocycles. The van der Waals surface area contributed by atoms with Gasteiger partial charge in [-0.25, -0.2) is 0 Å². The maximum atomic E-state index is 10.5. The normalized spacial score (nSPS) is 14.6. The quantitative estimate of drug-likeness (QED) is 0.760. The molecule has 0 saturated heterocycles. The van der Waals surface area contributed by atoms with Crippen molar-refractivity contribution in [3.8, 4) is 0 Å². The molecule has 1 aromatic carbocycles. The monoisotopic (exact) mass is 249 g/mol. The molecule has 0 radical (unpaired) electrons. The maximum absolute atomic E-state index is 10.5. The van der Waals surface area contributed by atoms with Crippen LogP contribution in [-0.2, 0) is 6.42 Å². The highest BCUT2D eigenvalue weighted by Crippen LogP contribution is 2.23. The Bertz CT molecular complexity index is 373. The second-order valence-electron chi connectivity index (χ2n) is 5.65. The van der Waals surface area contributed by atoms with Crippen molar-refractivity contribution in [1.29, 1.82) is 0 Å². The Balaban J connectivity index is 2.77. The minimum Gasteiger partial charge on any atom is -0.390 e. The van der Waals surface area contributed by atoms with E-state index in [0.29, 0.717) is 0 Å². The molecule has 0 heterocycles. The average molecular weight is 249 g/mol. The molecule has 0 amide bonds. The van der Waals surface area contributed by atoms with Crippen molar-refractivity contribution in [1.82, 2.24) is 5.32 Å². The maximum Gasteiger partial charge on any atom is 0.0672 e. The Morgan fingerprint density at radius 3 is 2.22 bits per heavy atom. The van der Waals surface area contributed by atoms with Gasteiger partial charge in [0.15, 0.2) is 0 Å². The van der Waals surface area contributed by atoms with Crippen LogP contribution in [-0.4, -0.2) is 23.8 Å². The van der Waals surface area contributed by atoms with E-state index in [-0.39, 0.29) is 0 Å². The van der Waals surface area contributed by atoms with Gasteiger partial charge in [-0.15, -0.1) is 0 Å².